The van der Waals surface area contributed by atoms with Crippen LogP contribution in [0.5, 0.6) is 11.5 Å². The van der Waals surface area contributed by atoms with Gasteiger partial charge in [-0.25, -0.2) is 0 Å². The molecule has 1 aromatic rings. The van der Waals surface area contributed by atoms with Crippen LogP contribution in [0.1, 0.15) is 12.0 Å². The van der Waals surface area contributed by atoms with Gasteiger partial charge >= 0.3 is 0 Å². The molecule has 1 fully saturated rings. The van der Waals surface area contributed by atoms with Gasteiger partial charge in [0, 0.05) is 30.4 Å². The van der Waals surface area contributed by atoms with E-state index in [1.807, 2.05) is 18.4 Å². The Morgan fingerprint density at radius 3 is 2.60 bits per heavy atom. The number of benzene rings is 1. The first kappa shape index (κ1) is 15.0. The summed E-state index contributed by atoms with van der Waals surface area (Å²) in [7, 11) is 3.27. The highest BCUT2D eigenvalue weighted by atomic mass is 32.2. The van der Waals surface area contributed by atoms with Crippen LogP contribution in [0.15, 0.2) is 17.0 Å². The van der Waals surface area contributed by atoms with Crippen LogP contribution >= 0.6 is 11.8 Å². The number of thioether (sulfide) groups is 1. The van der Waals surface area contributed by atoms with Gasteiger partial charge in [-0.3, -0.25) is 4.79 Å². The van der Waals surface area contributed by atoms with Gasteiger partial charge in [0.05, 0.1) is 14.2 Å². The normalized spacial score (nSPS) is 17.9. The quantitative estimate of drug-likeness (QED) is 0.777. The summed E-state index contributed by atoms with van der Waals surface area (Å²) in [4.78, 5) is 12.3. The van der Waals surface area contributed by atoms with Crippen LogP contribution in [0.4, 0.5) is 0 Å². The highest BCUT2D eigenvalue weighted by molar-refractivity contribution is 7.98. The zero-order valence-electron chi connectivity index (χ0n) is 12.0. The fourth-order valence-corrected chi connectivity index (χ4v) is 2.85. The Hall–Kier alpha value is -1.40. The molecule has 1 amide bonds. The first-order valence-electron chi connectivity index (χ1n) is 6.47. The van der Waals surface area contributed by atoms with E-state index < -0.39 is 0 Å². The first-order valence-corrected chi connectivity index (χ1v) is 7.69. The molecule has 1 aromatic carbocycles. The van der Waals surface area contributed by atoms with E-state index in [0.717, 1.165) is 22.0 Å². The van der Waals surface area contributed by atoms with E-state index in [0.29, 0.717) is 19.5 Å². The van der Waals surface area contributed by atoms with Crippen molar-refractivity contribution < 1.29 is 14.3 Å². The van der Waals surface area contributed by atoms with Crippen LogP contribution in [0.25, 0.3) is 0 Å². The van der Waals surface area contributed by atoms with Crippen LogP contribution < -0.4 is 20.1 Å². The van der Waals surface area contributed by atoms with Crippen molar-refractivity contribution in [1.29, 1.82) is 0 Å². The lowest BCUT2D eigenvalue weighted by atomic mass is 10.1. The smallest absolute Gasteiger partial charge is 0.221 e. The van der Waals surface area contributed by atoms with Crippen LogP contribution in [-0.2, 0) is 11.3 Å². The minimum Gasteiger partial charge on any atom is -0.493 e. The highest BCUT2D eigenvalue weighted by Gasteiger charge is 2.21. The number of ether oxygens (including phenoxy) is 2. The van der Waals surface area contributed by atoms with Crippen molar-refractivity contribution in [3.8, 4) is 11.5 Å². The van der Waals surface area contributed by atoms with Gasteiger partial charge in [0.2, 0.25) is 5.91 Å². The fourth-order valence-electron chi connectivity index (χ4n) is 2.23. The van der Waals surface area contributed by atoms with Gasteiger partial charge in [-0.2, -0.15) is 0 Å². The molecule has 1 saturated heterocycles. The van der Waals surface area contributed by atoms with Gasteiger partial charge in [-0.1, -0.05) is 0 Å². The topological polar surface area (TPSA) is 59.6 Å². The average molecular weight is 296 g/mol. The van der Waals surface area contributed by atoms with Gasteiger partial charge in [-0.15, -0.1) is 11.8 Å². The molecule has 1 aliphatic heterocycles. The van der Waals surface area contributed by atoms with E-state index in [9.17, 15) is 4.79 Å². The van der Waals surface area contributed by atoms with E-state index in [2.05, 4.69) is 10.6 Å². The standard InChI is InChI=1S/C14H20N2O3S/c1-18-11-4-9(13(20-3)6-12(11)19-2)7-15-10-5-14(17)16-8-10/h4,6,10,15H,5,7-8H2,1-3H3,(H,16,17). The third-order valence-corrected chi connectivity index (χ3v) is 4.17. The van der Waals surface area contributed by atoms with Gasteiger partial charge in [0.15, 0.2) is 11.5 Å². The van der Waals surface area contributed by atoms with Crippen LogP contribution in [0, 0.1) is 0 Å². The number of carbonyl (C=O) groups is 1. The summed E-state index contributed by atoms with van der Waals surface area (Å²) < 4.78 is 10.6. The largest absolute Gasteiger partial charge is 0.493 e. The second-order valence-corrected chi connectivity index (χ2v) is 5.45. The van der Waals surface area contributed by atoms with Gasteiger partial charge in [0.25, 0.3) is 0 Å². The van der Waals surface area contributed by atoms with Crippen LogP contribution in [-0.4, -0.2) is 39.0 Å². The molecular formula is C14H20N2O3S. The molecule has 0 spiro atoms. The zero-order chi connectivity index (χ0) is 14.5. The number of amides is 1. The average Bonchev–Trinajstić information content (AvgIpc) is 2.89. The number of hydrogen-bond donors (Lipinski definition) is 2. The van der Waals surface area contributed by atoms with Crippen molar-refractivity contribution in [3.63, 3.8) is 0 Å². The van der Waals surface area contributed by atoms with Gasteiger partial charge in [-0.05, 0) is 24.0 Å². The molecule has 1 aliphatic rings. The molecule has 0 radical (unpaired) electrons. The molecule has 5 nitrogen and oxygen atoms in total. The lowest BCUT2D eigenvalue weighted by molar-refractivity contribution is -0.119. The molecule has 2 rings (SSSR count). The van der Waals surface area contributed by atoms with Gasteiger partial charge < -0.3 is 20.1 Å². The predicted octanol–water partition coefficient (Wildman–Crippen LogP) is 1.40. The first-order chi connectivity index (χ1) is 9.67. The maximum absolute atomic E-state index is 11.2. The number of methoxy groups -OCH3 is 2. The summed E-state index contributed by atoms with van der Waals surface area (Å²) in [5, 5.41) is 6.22. The minimum absolute atomic E-state index is 0.111. The third-order valence-electron chi connectivity index (χ3n) is 3.35. The van der Waals surface area contributed by atoms with Crippen molar-refractivity contribution in [2.45, 2.75) is 23.9 Å². The number of hydrogen-bond acceptors (Lipinski definition) is 5. The summed E-state index contributed by atoms with van der Waals surface area (Å²) in [6.45, 7) is 1.40. The molecule has 1 atom stereocenters. The molecule has 6 heteroatoms. The summed E-state index contributed by atoms with van der Waals surface area (Å²) in [6, 6.07) is 4.17. The summed E-state index contributed by atoms with van der Waals surface area (Å²) >= 11 is 1.67. The van der Waals surface area contributed by atoms with E-state index in [1.165, 1.54) is 0 Å². The Bertz CT molecular complexity index is 494. The Kier molecular flexibility index (Phi) is 5.14. The lowest BCUT2D eigenvalue weighted by Crippen LogP contribution is -2.30. The number of nitrogens with one attached hydrogen (secondary N) is 2. The Labute approximate surface area is 123 Å². The van der Waals surface area contributed by atoms with Crippen molar-refractivity contribution >= 4 is 17.7 Å². The zero-order valence-corrected chi connectivity index (χ0v) is 12.8. The second-order valence-electron chi connectivity index (χ2n) is 4.61. The number of carbonyl (C=O) groups excluding carboxylic acids is 1. The summed E-state index contributed by atoms with van der Waals surface area (Å²) in [5.74, 6) is 1.57. The molecule has 0 bridgehead atoms. The molecule has 0 aliphatic carbocycles. The van der Waals surface area contributed by atoms with E-state index >= 15 is 0 Å². The summed E-state index contributed by atoms with van der Waals surface area (Å²) in [5.41, 5.74) is 1.15. The molecule has 0 aromatic heterocycles. The Morgan fingerprint density at radius 2 is 2.05 bits per heavy atom. The SMILES string of the molecule is COc1cc(CNC2CNC(=O)C2)c(SC)cc1OC. The van der Waals surface area contributed by atoms with Crippen LogP contribution in [0.3, 0.4) is 0 Å². The third kappa shape index (κ3) is 3.37. The van der Waals surface area contributed by atoms with Crippen molar-refractivity contribution in [3.05, 3.63) is 17.7 Å². The summed E-state index contributed by atoms with van der Waals surface area (Å²) in [6.07, 6.45) is 2.58. The molecule has 1 unspecified atom stereocenters. The predicted molar refractivity (Wildman–Crippen MR) is 79.6 cm³/mol. The number of rotatable bonds is 6. The molecule has 110 valence electrons. The van der Waals surface area contributed by atoms with E-state index in [-0.39, 0.29) is 11.9 Å². The highest BCUT2D eigenvalue weighted by Crippen LogP contribution is 2.34. The lowest BCUT2D eigenvalue weighted by Gasteiger charge is -2.16. The monoisotopic (exact) mass is 296 g/mol. The van der Waals surface area contributed by atoms with Crippen molar-refractivity contribution in [1.82, 2.24) is 10.6 Å². The van der Waals surface area contributed by atoms with Crippen molar-refractivity contribution in [2.24, 2.45) is 0 Å². The van der Waals surface area contributed by atoms with Crippen LogP contribution in [0.2, 0.25) is 0 Å². The molecule has 20 heavy (non-hydrogen) atoms. The second kappa shape index (κ2) is 6.85. The maximum Gasteiger partial charge on any atom is 0.221 e. The van der Waals surface area contributed by atoms with E-state index in [4.69, 9.17) is 9.47 Å². The molecular weight excluding hydrogens is 276 g/mol. The molecule has 1 heterocycles. The Morgan fingerprint density at radius 1 is 1.35 bits per heavy atom. The fraction of sp³-hybridized carbons (Fsp3) is 0.500. The molecule has 0 saturated carbocycles. The van der Waals surface area contributed by atoms with E-state index in [1.54, 1.807) is 26.0 Å². The van der Waals surface area contributed by atoms with Crippen molar-refractivity contribution in [2.75, 3.05) is 27.0 Å². The van der Waals surface area contributed by atoms with Gasteiger partial charge in [0.1, 0.15) is 0 Å². The Balaban J connectivity index is 2.11. The molecule has 2 N–H and O–H groups in total. The minimum atomic E-state index is 0.111. The maximum atomic E-state index is 11.2.